The lowest BCUT2D eigenvalue weighted by molar-refractivity contribution is -0.295. The molecule has 1 saturated heterocycles. The van der Waals surface area contributed by atoms with Crippen LogP contribution in [-0.4, -0.2) is 83.6 Å². The van der Waals surface area contributed by atoms with Crippen molar-refractivity contribution in [2.75, 3.05) is 35.5 Å². The van der Waals surface area contributed by atoms with Crippen LogP contribution in [-0.2, 0) is 28.4 Å². The summed E-state index contributed by atoms with van der Waals surface area (Å²) < 4.78 is 34.2. The van der Waals surface area contributed by atoms with Gasteiger partial charge < -0.3 is 33.5 Å². The lowest BCUT2D eigenvalue weighted by Crippen LogP contribution is -2.60. The lowest BCUT2D eigenvalue weighted by atomic mass is 9.90. The summed E-state index contributed by atoms with van der Waals surface area (Å²) in [4.78, 5) is 0. The SMILES string of the molecule is CC[C@H](OC)[C@@H](C)[C@@H]1C=C1[C@H](O)[C@@H](C)/C=C/C=C(\C)[C@H]1O[C@H](OC)[C@H](OC)[C@@H](OC)[C@H]1OC. The lowest BCUT2D eigenvalue weighted by Gasteiger charge is -2.44. The molecule has 190 valence electrons. The van der Waals surface area contributed by atoms with Gasteiger partial charge in [-0.3, -0.25) is 0 Å². The van der Waals surface area contributed by atoms with Crippen molar-refractivity contribution in [3.8, 4) is 0 Å². The van der Waals surface area contributed by atoms with Gasteiger partial charge in [0.1, 0.15) is 24.4 Å². The third-order valence-corrected chi connectivity index (χ3v) is 7.11. The Morgan fingerprint density at radius 3 is 2.18 bits per heavy atom. The van der Waals surface area contributed by atoms with Gasteiger partial charge in [0.15, 0.2) is 6.29 Å². The van der Waals surface area contributed by atoms with Gasteiger partial charge in [-0.05, 0) is 30.4 Å². The van der Waals surface area contributed by atoms with Gasteiger partial charge in [-0.15, -0.1) is 0 Å². The van der Waals surface area contributed by atoms with E-state index in [4.69, 9.17) is 28.4 Å². The summed E-state index contributed by atoms with van der Waals surface area (Å²) in [6.07, 6.45) is 6.85. The molecule has 1 N–H and O–H groups in total. The molecular formula is C26H44O7. The Balaban J connectivity index is 2.02. The molecule has 2 rings (SSSR count). The average molecular weight is 469 g/mol. The highest BCUT2D eigenvalue weighted by atomic mass is 16.7. The van der Waals surface area contributed by atoms with E-state index in [1.54, 1.807) is 35.5 Å². The fourth-order valence-electron chi connectivity index (χ4n) is 4.92. The van der Waals surface area contributed by atoms with Crippen LogP contribution in [0.1, 0.15) is 34.1 Å². The predicted molar refractivity (Wildman–Crippen MR) is 128 cm³/mol. The Labute approximate surface area is 199 Å². The number of rotatable bonds is 13. The summed E-state index contributed by atoms with van der Waals surface area (Å²) in [6.45, 7) is 8.34. The molecule has 1 aliphatic heterocycles. The minimum absolute atomic E-state index is 0.0121. The van der Waals surface area contributed by atoms with E-state index in [-0.39, 0.29) is 30.3 Å². The minimum Gasteiger partial charge on any atom is -0.388 e. The van der Waals surface area contributed by atoms with Crippen LogP contribution in [0.15, 0.2) is 35.5 Å². The van der Waals surface area contributed by atoms with E-state index in [1.165, 1.54) is 0 Å². The van der Waals surface area contributed by atoms with E-state index in [0.29, 0.717) is 11.8 Å². The highest BCUT2D eigenvalue weighted by molar-refractivity contribution is 5.35. The molecule has 1 aliphatic carbocycles. The predicted octanol–water partition coefficient (Wildman–Crippen LogP) is 3.52. The van der Waals surface area contributed by atoms with Crippen molar-refractivity contribution in [1.82, 2.24) is 0 Å². The van der Waals surface area contributed by atoms with Crippen LogP contribution in [0.2, 0.25) is 0 Å². The van der Waals surface area contributed by atoms with E-state index < -0.39 is 18.5 Å². The zero-order valence-corrected chi connectivity index (χ0v) is 21.7. The van der Waals surface area contributed by atoms with Crippen molar-refractivity contribution in [3.63, 3.8) is 0 Å². The second-order valence-electron chi connectivity index (χ2n) is 9.10. The first-order valence-electron chi connectivity index (χ1n) is 11.8. The van der Waals surface area contributed by atoms with Crippen LogP contribution >= 0.6 is 0 Å². The van der Waals surface area contributed by atoms with Crippen molar-refractivity contribution in [2.45, 2.75) is 77.0 Å². The van der Waals surface area contributed by atoms with Crippen molar-refractivity contribution >= 4 is 0 Å². The first-order valence-corrected chi connectivity index (χ1v) is 11.8. The molecule has 7 heteroatoms. The first kappa shape index (κ1) is 28.2. The average Bonchev–Trinajstić information content (AvgIpc) is 3.63. The molecule has 10 atom stereocenters. The normalized spacial score (nSPS) is 34.1. The summed E-state index contributed by atoms with van der Waals surface area (Å²) in [5.74, 6) is 0.680. The third kappa shape index (κ3) is 6.54. The smallest absolute Gasteiger partial charge is 0.186 e. The second kappa shape index (κ2) is 13.1. The molecule has 0 spiro atoms. The number of methoxy groups -OCH3 is 5. The van der Waals surface area contributed by atoms with Crippen LogP contribution in [0.5, 0.6) is 0 Å². The molecule has 0 radical (unpaired) electrons. The standard InChI is InChI=1S/C26H44O7/c1-10-20(28-5)17(4)18-14-19(18)21(27)15(2)12-11-13-16(3)22-23(29-6)24(30-7)25(31-8)26(32-9)33-22/h11-15,17-18,20-27H,10H2,1-9H3/b12-11+,16-13+/t15-,17-,18-,20-,21+,22+,23-,24-,25+,26-/m0/s1. The van der Waals surface area contributed by atoms with Gasteiger partial charge in [-0.25, -0.2) is 0 Å². The molecular weight excluding hydrogens is 424 g/mol. The van der Waals surface area contributed by atoms with Gasteiger partial charge in [0.25, 0.3) is 0 Å². The second-order valence-corrected chi connectivity index (χ2v) is 9.10. The molecule has 2 aliphatic rings. The highest BCUT2D eigenvalue weighted by Crippen LogP contribution is 2.42. The Morgan fingerprint density at radius 2 is 1.67 bits per heavy atom. The minimum atomic E-state index is -0.566. The van der Waals surface area contributed by atoms with Crippen LogP contribution in [0.3, 0.4) is 0 Å². The van der Waals surface area contributed by atoms with Gasteiger partial charge in [0, 0.05) is 47.4 Å². The Hall–Kier alpha value is -1.06. The van der Waals surface area contributed by atoms with Crippen LogP contribution in [0, 0.1) is 17.8 Å². The quantitative estimate of drug-likeness (QED) is 0.327. The molecule has 0 unspecified atom stereocenters. The molecule has 0 aromatic carbocycles. The molecule has 33 heavy (non-hydrogen) atoms. The molecule has 1 fully saturated rings. The molecule has 7 nitrogen and oxygen atoms in total. The van der Waals surface area contributed by atoms with Crippen molar-refractivity contribution < 1.29 is 33.5 Å². The van der Waals surface area contributed by atoms with Gasteiger partial charge in [0.2, 0.25) is 0 Å². The van der Waals surface area contributed by atoms with Gasteiger partial charge >= 0.3 is 0 Å². The number of hydrogen-bond acceptors (Lipinski definition) is 7. The van der Waals surface area contributed by atoms with Crippen LogP contribution < -0.4 is 0 Å². The topological polar surface area (TPSA) is 75.6 Å². The molecule has 0 aromatic heterocycles. The molecule has 0 saturated carbocycles. The summed E-state index contributed by atoms with van der Waals surface area (Å²) in [5, 5.41) is 10.8. The molecule has 0 aromatic rings. The number of aliphatic hydroxyl groups excluding tert-OH is 1. The fourth-order valence-corrected chi connectivity index (χ4v) is 4.92. The maximum atomic E-state index is 10.8. The maximum absolute atomic E-state index is 10.8. The monoisotopic (exact) mass is 468 g/mol. The summed E-state index contributed by atoms with van der Waals surface area (Å²) in [5.41, 5.74) is 2.09. The Bertz CT molecular complexity index is 684. The van der Waals surface area contributed by atoms with Crippen LogP contribution in [0.25, 0.3) is 0 Å². The van der Waals surface area contributed by atoms with E-state index in [9.17, 15) is 5.11 Å². The third-order valence-electron chi connectivity index (χ3n) is 7.11. The number of allylic oxidation sites excluding steroid dienone is 3. The van der Waals surface area contributed by atoms with Crippen molar-refractivity contribution in [1.29, 1.82) is 0 Å². The summed E-state index contributed by atoms with van der Waals surface area (Å²) in [6, 6.07) is 0. The van der Waals surface area contributed by atoms with Crippen molar-refractivity contribution in [2.24, 2.45) is 17.8 Å². The number of aliphatic hydroxyl groups is 1. The Morgan fingerprint density at radius 1 is 1.03 bits per heavy atom. The molecule has 0 bridgehead atoms. The van der Waals surface area contributed by atoms with E-state index >= 15 is 0 Å². The van der Waals surface area contributed by atoms with E-state index in [2.05, 4.69) is 19.9 Å². The Kier molecular flexibility index (Phi) is 11.2. The number of hydrogen-bond donors (Lipinski definition) is 1. The first-order chi connectivity index (χ1) is 15.8. The van der Waals surface area contributed by atoms with Gasteiger partial charge in [-0.1, -0.05) is 45.1 Å². The summed E-state index contributed by atoms with van der Waals surface area (Å²) in [7, 11) is 8.23. The van der Waals surface area contributed by atoms with Gasteiger partial charge in [0.05, 0.1) is 12.2 Å². The van der Waals surface area contributed by atoms with Crippen molar-refractivity contribution in [3.05, 3.63) is 35.5 Å². The fraction of sp³-hybridized carbons (Fsp3) is 0.769. The van der Waals surface area contributed by atoms with E-state index in [1.807, 2.05) is 32.1 Å². The zero-order chi connectivity index (χ0) is 24.7. The number of ether oxygens (including phenoxy) is 6. The molecule has 0 amide bonds. The highest BCUT2D eigenvalue weighted by Gasteiger charge is 2.47. The largest absolute Gasteiger partial charge is 0.388 e. The molecule has 1 heterocycles. The van der Waals surface area contributed by atoms with E-state index in [0.717, 1.165) is 17.6 Å². The van der Waals surface area contributed by atoms with Crippen LogP contribution in [0.4, 0.5) is 0 Å². The summed E-state index contributed by atoms with van der Waals surface area (Å²) >= 11 is 0. The zero-order valence-electron chi connectivity index (χ0n) is 21.7. The maximum Gasteiger partial charge on any atom is 0.186 e. The van der Waals surface area contributed by atoms with Gasteiger partial charge in [-0.2, -0.15) is 0 Å².